The van der Waals surface area contributed by atoms with E-state index in [0.29, 0.717) is 12.3 Å². The van der Waals surface area contributed by atoms with E-state index in [4.69, 9.17) is 4.74 Å². The van der Waals surface area contributed by atoms with Gasteiger partial charge in [-0.1, -0.05) is 24.3 Å². The predicted molar refractivity (Wildman–Crippen MR) is 107 cm³/mol. The van der Waals surface area contributed by atoms with Crippen molar-refractivity contribution in [1.29, 1.82) is 0 Å². The van der Waals surface area contributed by atoms with Crippen molar-refractivity contribution >= 4 is 23.0 Å². The van der Waals surface area contributed by atoms with Crippen LogP contribution in [0.4, 0.5) is 0 Å². The molecule has 0 fully saturated rings. The van der Waals surface area contributed by atoms with Crippen LogP contribution in [0.3, 0.4) is 0 Å². The van der Waals surface area contributed by atoms with E-state index >= 15 is 0 Å². The SMILES string of the molecule is C=CCn1c(C)c(/C=N\NC(=O)c2ccc(OC)cc2O)c2ccccc21. The number of hydrogen-bond acceptors (Lipinski definition) is 4. The van der Waals surface area contributed by atoms with Crippen LogP contribution >= 0.6 is 0 Å². The van der Waals surface area contributed by atoms with E-state index in [-0.39, 0.29) is 11.3 Å². The number of phenolic OH excluding ortho intramolecular Hbond substituents is 1. The van der Waals surface area contributed by atoms with Gasteiger partial charge < -0.3 is 14.4 Å². The minimum atomic E-state index is -0.501. The Balaban J connectivity index is 1.85. The van der Waals surface area contributed by atoms with Crippen molar-refractivity contribution in [2.75, 3.05) is 7.11 Å². The van der Waals surface area contributed by atoms with Gasteiger partial charge in [0.15, 0.2) is 0 Å². The lowest BCUT2D eigenvalue weighted by Crippen LogP contribution is -2.17. The molecule has 0 aliphatic heterocycles. The zero-order valence-electron chi connectivity index (χ0n) is 15.3. The number of amides is 1. The number of carbonyl (C=O) groups excluding carboxylic acids is 1. The molecular weight excluding hydrogens is 342 g/mol. The number of hydrogen-bond donors (Lipinski definition) is 2. The number of aromatic hydroxyl groups is 1. The Hall–Kier alpha value is -3.54. The van der Waals surface area contributed by atoms with Crippen LogP contribution in [0.15, 0.2) is 60.2 Å². The van der Waals surface area contributed by atoms with Crippen LogP contribution in [-0.4, -0.2) is 28.9 Å². The van der Waals surface area contributed by atoms with E-state index in [9.17, 15) is 9.90 Å². The van der Waals surface area contributed by atoms with Gasteiger partial charge in [0.2, 0.25) is 0 Å². The molecule has 6 heteroatoms. The highest BCUT2D eigenvalue weighted by molar-refractivity contribution is 6.02. The average Bonchev–Trinajstić information content (AvgIpc) is 2.94. The molecule has 3 aromatic rings. The molecule has 0 aliphatic carbocycles. The second-order valence-electron chi connectivity index (χ2n) is 6.00. The fourth-order valence-electron chi connectivity index (χ4n) is 3.03. The number of rotatable bonds is 6. The highest BCUT2D eigenvalue weighted by Crippen LogP contribution is 2.25. The van der Waals surface area contributed by atoms with Crippen LogP contribution < -0.4 is 10.2 Å². The number of allylic oxidation sites excluding steroid dienone is 1. The number of nitrogens with zero attached hydrogens (tertiary/aromatic N) is 2. The lowest BCUT2D eigenvalue weighted by atomic mass is 10.1. The average molecular weight is 363 g/mol. The topological polar surface area (TPSA) is 75.9 Å². The first kappa shape index (κ1) is 18.3. The normalized spacial score (nSPS) is 11.0. The molecular formula is C21H21N3O3. The molecule has 0 spiro atoms. The first-order chi connectivity index (χ1) is 13.1. The standard InChI is InChI=1S/C21H21N3O3/c1-4-11-24-14(2)18(16-7-5-6-8-19(16)24)13-22-23-21(26)17-10-9-15(27-3)12-20(17)25/h4-10,12-13,25H,1,11H2,2-3H3,(H,23,26)/b22-13-. The van der Waals surface area contributed by atoms with Gasteiger partial charge in [0.1, 0.15) is 11.5 Å². The summed E-state index contributed by atoms with van der Waals surface area (Å²) in [4.78, 5) is 12.3. The minimum Gasteiger partial charge on any atom is -0.507 e. The van der Waals surface area contributed by atoms with Gasteiger partial charge in [-0.25, -0.2) is 5.43 Å². The third kappa shape index (κ3) is 3.55. The first-order valence-corrected chi connectivity index (χ1v) is 8.46. The Bertz CT molecular complexity index is 1030. The number of benzene rings is 2. The fourth-order valence-corrected chi connectivity index (χ4v) is 3.03. The van der Waals surface area contributed by atoms with Crippen LogP contribution in [0.1, 0.15) is 21.6 Å². The summed E-state index contributed by atoms with van der Waals surface area (Å²) in [6, 6.07) is 12.5. The second kappa shape index (κ2) is 7.78. The van der Waals surface area contributed by atoms with Gasteiger partial charge >= 0.3 is 0 Å². The van der Waals surface area contributed by atoms with Gasteiger partial charge in [-0.2, -0.15) is 5.10 Å². The van der Waals surface area contributed by atoms with Gasteiger partial charge in [0.25, 0.3) is 5.91 Å². The Labute approximate surface area is 157 Å². The molecule has 0 atom stereocenters. The van der Waals surface area contributed by atoms with E-state index in [2.05, 4.69) is 21.7 Å². The number of aromatic nitrogens is 1. The lowest BCUT2D eigenvalue weighted by molar-refractivity contribution is 0.0952. The highest BCUT2D eigenvalue weighted by Gasteiger charge is 2.13. The van der Waals surface area contributed by atoms with Crippen LogP contribution in [0.5, 0.6) is 11.5 Å². The van der Waals surface area contributed by atoms with Crippen LogP contribution in [-0.2, 0) is 6.54 Å². The number of para-hydroxylation sites is 1. The van der Waals surface area contributed by atoms with E-state index < -0.39 is 5.91 Å². The van der Waals surface area contributed by atoms with Gasteiger partial charge in [0, 0.05) is 34.8 Å². The maximum absolute atomic E-state index is 12.3. The molecule has 0 unspecified atom stereocenters. The summed E-state index contributed by atoms with van der Waals surface area (Å²) >= 11 is 0. The number of phenols is 1. The highest BCUT2D eigenvalue weighted by atomic mass is 16.5. The molecule has 3 rings (SSSR count). The molecule has 6 nitrogen and oxygen atoms in total. The van der Waals surface area contributed by atoms with Gasteiger partial charge in [-0.3, -0.25) is 4.79 Å². The third-order valence-corrected chi connectivity index (χ3v) is 4.40. The molecule has 0 aliphatic rings. The minimum absolute atomic E-state index is 0.124. The van der Waals surface area contributed by atoms with Gasteiger partial charge in [-0.15, -0.1) is 6.58 Å². The second-order valence-corrected chi connectivity index (χ2v) is 6.00. The van der Waals surface area contributed by atoms with Crippen molar-refractivity contribution in [3.8, 4) is 11.5 Å². The lowest BCUT2D eigenvalue weighted by Gasteiger charge is -2.05. The molecule has 2 N–H and O–H groups in total. The molecule has 1 heterocycles. The largest absolute Gasteiger partial charge is 0.507 e. The number of nitrogens with one attached hydrogen (secondary N) is 1. The summed E-state index contributed by atoms with van der Waals surface area (Å²) in [5.74, 6) is -0.196. The number of carbonyl (C=O) groups is 1. The summed E-state index contributed by atoms with van der Waals surface area (Å²) in [5.41, 5.74) is 5.61. The summed E-state index contributed by atoms with van der Waals surface area (Å²) in [7, 11) is 1.49. The van der Waals surface area contributed by atoms with Crippen LogP contribution in [0.2, 0.25) is 0 Å². The van der Waals surface area contributed by atoms with Gasteiger partial charge in [-0.05, 0) is 25.1 Å². The Morgan fingerprint density at radius 2 is 2.11 bits per heavy atom. The molecule has 1 aromatic heterocycles. The Morgan fingerprint density at radius 1 is 1.33 bits per heavy atom. The number of fused-ring (bicyclic) bond motifs is 1. The zero-order valence-corrected chi connectivity index (χ0v) is 15.3. The van der Waals surface area contributed by atoms with Crippen LogP contribution in [0.25, 0.3) is 10.9 Å². The maximum Gasteiger partial charge on any atom is 0.275 e. The molecule has 2 aromatic carbocycles. The summed E-state index contributed by atoms with van der Waals surface area (Å²) in [5, 5.41) is 15.1. The van der Waals surface area contributed by atoms with Crippen molar-refractivity contribution in [1.82, 2.24) is 9.99 Å². The Kier molecular flexibility index (Phi) is 5.26. The smallest absolute Gasteiger partial charge is 0.275 e. The molecule has 0 saturated carbocycles. The molecule has 27 heavy (non-hydrogen) atoms. The number of methoxy groups -OCH3 is 1. The summed E-state index contributed by atoms with van der Waals surface area (Å²) in [6.45, 7) is 6.50. The van der Waals surface area contributed by atoms with Crippen molar-refractivity contribution in [3.63, 3.8) is 0 Å². The van der Waals surface area contributed by atoms with Gasteiger partial charge in [0.05, 0.1) is 18.9 Å². The van der Waals surface area contributed by atoms with E-state index in [1.807, 2.05) is 37.3 Å². The summed E-state index contributed by atoms with van der Waals surface area (Å²) in [6.07, 6.45) is 3.46. The molecule has 138 valence electrons. The van der Waals surface area contributed by atoms with Crippen molar-refractivity contribution in [2.24, 2.45) is 5.10 Å². The van der Waals surface area contributed by atoms with Crippen LogP contribution in [0, 0.1) is 6.92 Å². The fraction of sp³-hybridized carbons (Fsp3) is 0.143. The van der Waals surface area contributed by atoms with E-state index in [1.165, 1.54) is 19.2 Å². The van der Waals surface area contributed by atoms with Crippen molar-refractivity contribution in [3.05, 3.63) is 71.9 Å². The van der Waals surface area contributed by atoms with E-state index in [0.717, 1.165) is 22.2 Å². The molecule has 0 radical (unpaired) electrons. The molecule has 0 saturated heterocycles. The van der Waals surface area contributed by atoms with Crippen molar-refractivity contribution in [2.45, 2.75) is 13.5 Å². The maximum atomic E-state index is 12.3. The first-order valence-electron chi connectivity index (χ1n) is 8.46. The number of ether oxygens (including phenoxy) is 1. The monoisotopic (exact) mass is 363 g/mol. The summed E-state index contributed by atoms with van der Waals surface area (Å²) < 4.78 is 7.15. The third-order valence-electron chi connectivity index (χ3n) is 4.40. The predicted octanol–water partition coefficient (Wildman–Crippen LogP) is 3.61. The number of hydrazone groups is 1. The quantitative estimate of drug-likeness (QED) is 0.399. The zero-order chi connectivity index (χ0) is 19.4. The van der Waals surface area contributed by atoms with E-state index in [1.54, 1.807) is 12.3 Å². The van der Waals surface area contributed by atoms with Crippen molar-refractivity contribution < 1.29 is 14.6 Å². The Morgan fingerprint density at radius 3 is 2.81 bits per heavy atom. The molecule has 1 amide bonds. The molecule has 0 bridgehead atoms.